The molecule has 1 amide bonds. The van der Waals surface area contributed by atoms with Gasteiger partial charge in [-0.1, -0.05) is 18.2 Å². The van der Waals surface area contributed by atoms with Crippen molar-refractivity contribution in [3.63, 3.8) is 0 Å². The van der Waals surface area contributed by atoms with E-state index in [4.69, 9.17) is 0 Å². The SMILES string of the molecule is O=C1NCc2c1c1c3cc(NC4=NCCN4)ccc3n3c1c1c2c2ccccc2n1CC(O)C(O)C3. The van der Waals surface area contributed by atoms with E-state index in [9.17, 15) is 15.0 Å². The van der Waals surface area contributed by atoms with Crippen molar-refractivity contribution in [2.45, 2.75) is 31.8 Å². The van der Waals surface area contributed by atoms with Crippen LogP contribution >= 0.6 is 0 Å². The number of rotatable bonds is 1. The topological polar surface area (TPSA) is 116 Å². The summed E-state index contributed by atoms with van der Waals surface area (Å²) in [6.07, 6.45) is -1.88. The number of aliphatic hydroxyl groups is 2. The largest absolute Gasteiger partial charge is 0.388 e. The number of aromatic nitrogens is 2. The second kappa shape index (κ2) is 6.99. The Morgan fingerprint density at radius 1 is 0.917 bits per heavy atom. The molecule has 0 radical (unpaired) electrons. The van der Waals surface area contributed by atoms with Crippen LogP contribution in [0.4, 0.5) is 5.69 Å². The third-order valence-corrected chi connectivity index (χ3v) is 7.89. The first-order chi connectivity index (χ1) is 17.6. The molecule has 9 nitrogen and oxygen atoms in total. The number of nitrogens with one attached hydrogen (secondary N) is 3. The van der Waals surface area contributed by atoms with Crippen LogP contribution < -0.4 is 16.0 Å². The average molecular weight is 481 g/mol. The maximum atomic E-state index is 13.3. The highest BCUT2D eigenvalue weighted by atomic mass is 16.3. The van der Waals surface area contributed by atoms with Crippen LogP contribution in [0.3, 0.4) is 0 Å². The number of benzene rings is 3. The Balaban J connectivity index is 1.58. The molecule has 5 N–H and O–H groups in total. The molecule has 2 atom stereocenters. The van der Waals surface area contributed by atoms with Gasteiger partial charge in [0.2, 0.25) is 0 Å². The number of carbonyl (C=O) groups is 1. The number of fused-ring (bicyclic) bond motifs is 9. The lowest BCUT2D eigenvalue weighted by molar-refractivity contribution is 0.00168. The summed E-state index contributed by atoms with van der Waals surface area (Å²) >= 11 is 0. The van der Waals surface area contributed by atoms with Crippen LogP contribution in [0.2, 0.25) is 0 Å². The Labute approximate surface area is 205 Å². The van der Waals surface area contributed by atoms with Crippen molar-refractivity contribution in [2.75, 3.05) is 18.4 Å². The lowest BCUT2D eigenvalue weighted by Gasteiger charge is -2.24. The number of para-hydroxylation sites is 1. The molecule has 2 unspecified atom stereocenters. The number of nitrogens with zero attached hydrogens (tertiary/aromatic N) is 3. The van der Waals surface area contributed by atoms with Crippen molar-refractivity contribution in [1.29, 1.82) is 0 Å². The van der Waals surface area contributed by atoms with E-state index in [-0.39, 0.29) is 19.0 Å². The summed E-state index contributed by atoms with van der Waals surface area (Å²) in [5, 5.41) is 35.5. The molecule has 3 aliphatic heterocycles. The summed E-state index contributed by atoms with van der Waals surface area (Å²) in [6, 6.07) is 14.2. The Bertz CT molecular complexity index is 1810. The van der Waals surface area contributed by atoms with Gasteiger partial charge >= 0.3 is 0 Å². The van der Waals surface area contributed by atoms with Crippen LogP contribution in [-0.2, 0) is 19.6 Å². The predicted molar refractivity (Wildman–Crippen MR) is 140 cm³/mol. The van der Waals surface area contributed by atoms with E-state index in [0.29, 0.717) is 12.1 Å². The third-order valence-electron chi connectivity index (χ3n) is 7.89. The molecule has 0 spiro atoms. The zero-order valence-corrected chi connectivity index (χ0v) is 19.4. The fourth-order valence-corrected chi connectivity index (χ4v) is 6.36. The van der Waals surface area contributed by atoms with E-state index in [0.717, 1.165) is 73.9 Å². The van der Waals surface area contributed by atoms with Crippen LogP contribution in [0, 0.1) is 0 Å². The van der Waals surface area contributed by atoms with Crippen molar-refractivity contribution in [3.8, 4) is 0 Å². The number of hydrogen-bond donors (Lipinski definition) is 5. The van der Waals surface area contributed by atoms with Crippen LogP contribution in [0.25, 0.3) is 43.6 Å². The molecule has 0 saturated carbocycles. The highest BCUT2D eigenvalue weighted by Crippen LogP contribution is 2.46. The summed E-state index contributed by atoms with van der Waals surface area (Å²) in [4.78, 5) is 17.8. The van der Waals surface area contributed by atoms with E-state index in [1.54, 1.807) is 0 Å². The number of anilines is 1. The minimum absolute atomic E-state index is 0.0781. The van der Waals surface area contributed by atoms with Crippen molar-refractivity contribution in [2.24, 2.45) is 4.99 Å². The number of aliphatic hydroxyl groups excluding tert-OH is 2. The zero-order valence-electron chi connectivity index (χ0n) is 19.4. The smallest absolute Gasteiger partial charge is 0.252 e. The molecule has 9 heteroatoms. The van der Waals surface area contributed by atoms with Crippen LogP contribution in [0.15, 0.2) is 47.5 Å². The number of aliphatic imine (C=N–C) groups is 1. The summed E-state index contributed by atoms with van der Waals surface area (Å²) in [5.74, 6) is 0.658. The van der Waals surface area contributed by atoms with Crippen molar-refractivity contribution < 1.29 is 15.0 Å². The highest BCUT2D eigenvalue weighted by Gasteiger charge is 2.34. The second-order valence-electron chi connectivity index (χ2n) is 9.87. The first-order valence-corrected chi connectivity index (χ1v) is 12.3. The Hall–Kier alpha value is -4.08. The van der Waals surface area contributed by atoms with Crippen LogP contribution in [-0.4, -0.2) is 56.5 Å². The summed E-state index contributed by atoms with van der Waals surface area (Å²) in [6.45, 7) is 2.52. The van der Waals surface area contributed by atoms with E-state index in [1.807, 2.05) is 30.3 Å². The molecule has 0 aliphatic carbocycles. The lowest BCUT2D eigenvalue weighted by Crippen LogP contribution is -2.35. The van der Waals surface area contributed by atoms with E-state index in [1.165, 1.54) is 0 Å². The number of guanidine groups is 1. The zero-order chi connectivity index (χ0) is 24.1. The molecule has 5 aromatic rings. The van der Waals surface area contributed by atoms with Gasteiger partial charge in [0.05, 0.1) is 48.4 Å². The summed E-state index contributed by atoms with van der Waals surface area (Å²) in [7, 11) is 0. The van der Waals surface area contributed by atoms with Gasteiger partial charge in [0.25, 0.3) is 5.91 Å². The molecule has 8 rings (SSSR count). The molecule has 3 aliphatic rings. The Kier molecular flexibility index (Phi) is 3.91. The fraction of sp³-hybridized carbons (Fsp3) is 0.259. The molecular formula is C27H24N6O3. The molecule has 0 bridgehead atoms. The molecule has 0 fully saturated rings. The molecule has 3 aromatic carbocycles. The van der Waals surface area contributed by atoms with E-state index in [2.05, 4.69) is 42.2 Å². The highest BCUT2D eigenvalue weighted by molar-refractivity contribution is 6.31. The van der Waals surface area contributed by atoms with Gasteiger partial charge in [-0.15, -0.1) is 0 Å². The molecular weight excluding hydrogens is 456 g/mol. The maximum Gasteiger partial charge on any atom is 0.252 e. The third kappa shape index (κ3) is 2.51. The normalized spacial score (nSPS) is 21.2. The van der Waals surface area contributed by atoms with Crippen LogP contribution in [0.5, 0.6) is 0 Å². The standard InChI is InChI=1S/C27H24N6O3/c34-19-11-32-17-4-2-1-3-14(17)21-16-10-30-26(36)23(16)22-15-9-13(31-27-28-7-8-29-27)5-6-18(15)33(12-20(19)35)25(22)24(21)32/h1-6,9,19-20,34-35H,7-8,10-12H2,(H,30,36)(H2,28,29,31). The van der Waals surface area contributed by atoms with Gasteiger partial charge in [0.15, 0.2) is 5.96 Å². The maximum absolute atomic E-state index is 13.3. The van der Waals surface area contributed by atoms with Gasteiger partial charge in [-0.05, 0) is 29.8 Å². The first kappa shape index (κ1) is 20.1. The summed E-state index contributed by atoms with van der Waals surface area (Å²) in [5.41, 5.74) is 6.39. The Morgan fingerprint density at radius 2 is 1.67 bits per heavy atom. The van der Waals surface area contributed by atoms with Crippen molar-refractivity contribution >= 4 is 61.2 Å². The van der Waals surface area contributed by atoms with E-state index < -0.39 is 12.2 Å². The minimum Gasteiger partial charge on any atom is -0.388 e. The lowest BCUT2D eigenvalue weighted by atomic mass is 9.96. The van der Waals surface area contributed by atoms with Gasteiger partial charge in [0, 0.05) is 51.4 Å². The molecule has 2 aromatic heterocycles. The molecule has 0 saturated heterocycles. The molecule has 180 valence electrons. The molecule has 36 heavy (non-hydrogen) atoms. The monoisotopic (exact) mass is 480 g/mol. The van der Waals surface area contributed by atoms with Gasteiger partial charge in [-0.2, -0.15) is 0 Å². The summed E-state index contributed by atoms with van der Waals surface area (Å²) < 4.78 is 4.20. The van der Waals surface area contributed by atoms with Crippen molar-refractivity contribution in [1.82, 2.24) is 19.8 Å². The number of hydrogen-bond acceptors (Lipinski definition) is 6. The fourth-order valence-electron chi connectivity index (χ4n) is 6.36. The number of amides is 1. The van der Waals surface area contributed by atoms with Crippen LogP contribution in [0.1, 0.15) is 15.9 Å². The van der Waals surface area contributed by atoms with Gasteiger partial charge in [-0.25, -0.2) is 0 Å². The average Bonchev–Trinajstić information content (AvgIpc) is 3.65. The van der Waals surface area contributed by atoms with E-state index >= 15 is 0 Å². The molecule has 5 heterocycles. The Morgan fingerprint density at radius 3 is 2.44 bits per heavy atom. The van der Waals surface area contributed by atoms with Gasteiger partial charge in [-0.3, -0.25) is 9.79 Å². The van der Waals surface area contributed by atoms with Gasteiger partial charge in [0.1, 0.15) is 0 Å². The number of carbonyl (C=O) groups excluding carboxylic acids is 1. The minimum atomic E-state index is -0.954. The second-order valence-corrected chi connectivity index (χ2v) is 9.87. The predicted octanol–water partition coefficient (Wildman–Crippen LogP) is 2.25. The van der Waals surface area contributed by atoms with Gasteiger partial charge < -0.3 is 35.3 Å². The quantitative estimate of drug-likeness (QED) is 0.252. The first-order valence-electron chi connectivity index (χ1n) is 12.3. The van der Waals surface area contributed by atoms with Crippen molar-refractivity contribution in [3.05, 3.63) is 53.6 Å².